The normalized spacial score (nSPS) is 7.67. The summed E-state index contributed by atoms with van der Waals surface area (Å²) in [5, 5.41) is 2.43. The van der Waals surface area contributed by atoms with E-state index in [9.17, 15) is 4.79 Å². The van der Waals surface area contributed by atoms with E-state index in [1.165, 1.54) is 0 Å². The first kappa shape index (κ1) is 5.69. The second kappa shape index (κ2) is 2.90. The molecule has 0 fully saturated rings. The third-order valence-corrected chi connectivity index (χ3v) is 0.761. The lowest BCUT2D eigenvalue weighted by Crippen LogP contribution is -2.15. The molecule has 0 saturated heterocycles. The Morgan fingerprint density at radius 2 is 2.50 bits per heavy atom. The highest BCUT2D eigenvalue weighted by atomic mass is 28.1. The molecule has 6 heavy (non-hydrogen) atoms. The molecule has 0 aromatic heterocycles. The molecule has 2 nitrogen and oxygen atoms in total. The maximum atomic E-state index is 10.0. The Labute approximate surface area is 40.4 Å². The van der Waals surface area contributed by atoms with Crippen molar-refractivity contribution in [1.29, 1.82) is 0 Å². The van der Waals surface area contributed by atoms with Gasteiger partial charge in [-0.25, -0.2) is 0 Å². The summed E-state index contributed by atoms with van der Waals surface area (Å²) in [4.78, 5) is 10.0. The molecule has 3 heteroatoms. The molecule has 1 amide bonds. The molecule has 0 atom stereocenters. The smallest absolute Gasteiger partial charge is 0.216 e. The first-order valence-corrected chi connectivity index (χ1v) is 2.37. The number of carbonyl (C=O) groups excluding carboxylic acids is 1. The van der Waals surface area contributed by atoms with Gasteiger partial charge in [0.05, 0.1) is 0 Å². The van der Waals surface area contributed by atoms with Gasteiger partial charge >= 0.3 is 0 Å². The molecular formula is C3H6NOSi. The van der Waals surface area contributed by atoms with E-state index in [2.05, 4.69) is 15.6 Å². The number of hydrogen-bond acceptors (Lipinski definition) is 1. The van der Waals surface area contributed by atoms with Crippen molar-refractivity contribution in [3.63, 3.8) is 0 Å². The molecule has 0 aromatic rings. The summed E-state index contributed by atoms with van der Waals surface area (Å²) in [6.07, 6.45) is 0. The minimum atomic E-state index is 0.00617. The Balaban J connectivity index is 2.99. The molecule has 0 bridgehead atoms. The van der Waals surface area contributed by atoms with Gasteiger partial charge in [-0.15, -0.1) is 0 Å². The van der Waals surface area contributed by atoms with E-state index in [1.54, 1.807) is 7.05 Å². The summed E-state index contributed by atoms with van der Waals surface area (Å²) < 4.78 is 0. The Kier molecular flexibility index (Phi) is 2.75. The SMILES string of the molecule is CNC(=O)C[Si]. The topological polar surface area (TPSA) is 29.1 Å². The van der Waals surface area contributed by atoms with Crippen molar-refractivity contribution in [3.05, 3.63) is 0 Å². The van der Waals surface area contributed by atoms with Crippen LogP contribution in [0.5, 0.6) is 0 Å². The van der Waals surface area contributed by atoms with Gasteiger partial charge < -0.3 is 5.32 Å². The van der Waals surface area contributed by atoms with Gasteiger partial charge in [0.15, 0.2) is 0 Å². The average molecular weight is 100 g/mol. The summed E-state index contributed by atoms with van der Waals surface area (Å²) in [5.74, 6) is 0.00617. The van der Waals surface area contributed by atoms with Crippen molar-refractivity contribution in [2.75, 3.05) is 7.05 Å². The van der Waals surface area contributed by atoms with Crippen LogP contribution >= 0.6 is 0 Å². The van der Waals surface area contributed by atoms with Crippen molar-refractivity contribution in [2.45, 2.75) is 6.04 Å². The van der Waals surface area contributed by atoms with Gasteiger partial charge in [0.25, 0.3) is 0 Å². The van der Waals surface area contributed by atoms with Crippen molar-refractivity contribution < 1.29 is 4.79 Å². The number of carbonyl (C=O) groups is 1. The van der Waals surface area contributed by atoms with Gasteiger partial charge in [-0.05, 0) is 0 Å². The molecule has 0 spiro atoms. The van der Waals surface area contributed by atoms with E-state index in [0.717, 1.165) is 0 Å². The standard InChI is InChI=1S/C3H6NOSi/c1-4-3(5)2-6/h2H2,1H3,(H,4,5). The van der Waals surface area contributed by atoms with E-state index < -0.39 is 0 Å². The predicted octanol–water partition coefficient (Wildman–Crippen LogP) is -0.681. The number of amides is 1. The second-order valence-electron chi connectivity index (χ2n) is 0.850. The molecule has 0 aromatic carbocycles. The van der Waals surface area contributed by atoms with Crippen LogP contribution in [0, 0.1) is 0 Å². The fourth-order valence-electron chi connectivity index (χ4n) is 0.0884. The third kappa shape index (κ3) is 1.96. The fraction of sp³-hybridized carbons (Fsp3) is 0.667. The van der Waals surface area contributed by atoms with Crippen LogP contribution in [-0.2, 0) is 4.79 Å². The highest BCUT2D eigenvalue weighted by molar-refractivity contribution is 6.19. The van der Waals surface area contributed by atoms with Gasteiger partial charge in [0, 0.05) is 23.3 Å². The van der Waals surface area contributed by atoms with Gasteiger partial charge in [-0.3, -0.25) is 4.79 Å². The zero-order valence-corrected chi connectivity index (χ0v) is 4.62. The Morgan fingerprint density at radius 1 is 2.00 bits per heavy atom. The Morgan fingerprint density at radius 3 is 2.50 bits per heavy atom. The molecule has 33 valence electrons. The van der Waals surface area contributed by atoms with Crippen molar-refractivity contribution >= 4 is 16.1 Å². The summed E-state index contributed by atoms with van der Waals surface area (Å²) in [6.45, 7) is 0. The monoisotopic (exact) mass is 100 g/mol. The molecule has 0 saturated carbocycles. The first-order chi connectivity index (χ1) is 2.81. The van der Waals surface area contributed by atoms with Crippen molar-refractivity contribution in [3.8, 4) is 0 Å². The van der Waals surface area contributed by atoms with Crippen LogP contribution in [-0.4, -0.2) is 23.2 Å². The summed E-state index contributed by atoms with van der Waals surface area (Å²) >= 11 is 0. The second-order valence-corrected chi connectivity index (χ2v) is 1.20. The van der Waals surface area contributed by atoms with E-state index in [-0.39, 0.29) is 5.91 Å². The average Bonchev–Trinajstić information content (AvgIpc) is 1.65. The molecule has 3 radical (unpaired) electrons. The van der Waals surface area contributed by atoms with E-state index in [1.807, 2.05) is 0 Å². The van der Waals surface area contributed by atoms with Crippen LogP contribution in [0.4, 0.5) is 0 Å². The van der Waals surface area contributed by atoms with Crippen LogP contribution in [0.25, 0.3) is 0 Å². The van der Waals surface area contributed by atoms with E-state index in [0.29, 0.717) is 6.04 Å². The fourth-order valence-corrected chi connectivity index (χ4v) is 0.265. The molecule has 0 heterocycles. The molecule has 0 unspecified atom stereocenters. The minimum Gasteiger partial charge on any atom is -0.359 e. The maximum absolute atomic E-state index is 10.0. The maximum Gasteiger partial charge on any atom is 0.216 e. The van der Waals surface area contributed by atoms with Crippen LogP contribution in [0.3, 0.4) is 0 Å². The lowest BCUT2D eigenvalue weighted by molar-refractivity contribution is -0.118. The largest absolute Gasteiger partial charge is 0.359 e. The highest BCUT2D eigenvalue weighted by Crippen LogP contribution is 1.64. The van der Waals surface area contributed by atoms with Crippen LogP contribution in [0.1, 0.15) is 0 Å². The summed E-state index contributed by atoms with van der Waals surface area (Å²) in [5.41, 5.74) is 0. The number of rotatable bonds is 1. The zero-order valence-electron chi connectivity index (χ0n) is 3.62. The van der Waals surface area contributed by atoms with Gasteiger partial charge in [0.2, 0.25) is 5.91 Å². The van der Waals surface area contributed by atoms with Crippen molar-refractivity contribution in [1.82, 2.24) is 5.32 Å². The first-order valence-electron chi connectivity index (χ1n) is 1.66. The van der Waals surface area contributed by atoms with Crippen LogP contribution in [0.2, 0.25) is 6.04 Å². The Hall–Kier alpha value is -0.313. The zero-order chi connectivity index (χ0) is 4.99. The molecule has 0 aliphatic carbocycles. The van der Waals surface area contributed by atoms with E-state index in [4.69, 9.17) is 0 Å². The van der Waals surface area contributed by atoms with Gasteiger partial charge in [0.1, 0.15) is 0 Å². The third-order valence-electron chi connectivity index (χ3n) is 0.439. The minimum absolute atomic E-state index is 0.00617. The van der Waals surface area contributed by atoms with E-state index >= 15 is 0 Å². The summed E-state index contributed by atoms with van der Waals surface area (Å²) in [7, 11) is 4.60. The highest BCUT2D eigenvalue weighted by Gasteiger charge is 1.84. The summed E-state index contributed by atoms with van der Waals surface area (Å²) in [6, 6.07) is 0.385. The molecule has 0 aliphatic heterocycles. The lowest BCUT2D eigenvalue weighted by atomic mass is 10.7. The van der Waals surface area contributed by atoms with Gasteiger partial charge in [-0.2, -0.15) is 0 Å². The van der Waals surface area contributed by atoms with Crippen molar-refractivity contribution in [2.24, 2.45) is 0 Å². The lowest BCUT2D eigenvalue weighted by Gasteiger charge is -1.86. The predicted molar refractivity (Wildman–Crippen MR) is 24.6 cm³/mol. The molecule has 0 aliphatic rings. The quantitative estimate of drug-likeness (QED) is 0.435. The van der Waals surface area contributed by atoms with Crippen LogP contribution < -0.4 is 5.32 Å². The molecule has 1 N–H and O–H groups in total. The molecular weight excluding hydrogens is 94.1 g/mol. The molecule has 0 rings (SSSR count). The number of hydrogen-bond donors (Lipinski definition) is 1. The number of nitrogens with one attached hydrogen (secondary N) is 1. The van der Waals surface area contributed by atoms with Crippen LogP contribution in [0.15, 0.2) is 0 Å². The van der Waals surface area contributed by atoms with Gasteiger partial charge in [-0.1, -0.05) is 0 Å². The Bertz CT molecular complexity index is 48.8.